The van der Waals surface area contributed by atoms with E-state index in [1.807, 2.05) is 6.07 Å². The third-order valence-corrected chi connectivity index (χ3v) is 3.79. The predicted molar refractivity (Wildman–Crippen MR) is 72.4 cm³/mol. The molecule has 1 heterocycles. The van der Waals surface area contributed by atoms with E-state index >= 15 is 0 Å². The number of nitro benzene ring substituents is 1. The first-order chi connectivity index (χ1) is 8.66. The second-order valence-electron chi connectivity index (χ2n) is 3.38. The molecule has 2 aromatic rings. The minimum atomic E-state index is -0.402. The van der Waals surface area contributed by atoms with E-state index in [-0.39, 0.29) is 5.69 Å². The summed E-state index contributed by atoms with van der Waals surface area (Å²) < 4.78 is 0.487. The van der Waals surface area contributed by atoms with Crippen molar-refractivity contribution < 1.29 is 4.92 Å². The summed E-state index contributed by atoms with van der Waals surface area (Å²) in [5.41, 5.74) is 0.952. The molecular formula is C11H8BrN3O2S. The zero-order valence-corrected chi connectivity index (χ0v) is 11.5. The maximum Gasteiger partial charge on any atom is 0.283 e. The highest BCUT2D eigenvalue weighted by molar-refractivity contribution is 9.10. The Morgan fingerprint density at radius 3 is 2.89 bits per heavy atom. The normalized spacial score (nSPS) is 10.3. The minimum Gasteiger partial charge on any atom is -0.260 e. The summed E-state index contributed by atoms with van der Waals surface area (Å²) in [4.78, 5) is 18.5. The topological polar surface area (TPSA) is 68.9 Å². The van der Waals surface area contributed by atoms with E-state index in [0.29, 0.717) is 10.2 Å². The standard InChI is InChI=1S/C11H8BrN3O2S/c12-9-2-1-8(5-10(9)15(16)17)7-18-11-6-13-3-4-14-11/h1-6H,7H2. The predicted octanol–water partition coefficient (Wildman–Crippen LogP) is 3.44. The lowest BCUT2D eigenvalue weighted by atomic mass is 10.2. The maximum absolute atomic E-state index is 10.8. The lowest BCUT2D eigenvalue weighted by molar-refractivity contribution is -0.385. The van der Waals surface area contributed by atoms with Gasteiger partial charge in [0, 0.05) is 24.2 Å². The van der Waals surface area contributed by atoms with Crippen molar-refractivity contribution in [1.29, 1.82) is 0 Å². The molecule has 0 atom stereocenters. The number of nitrogens with zero attached hydrogens (tertiary/aromatic N) is 3. The van der Waals surface area contributed by atoms with Gasteiger partial charge in [0.25, 0.3) is 5.69 Å². The second-order valence-corrected chi connectivity index (χ2v) is 5.23. The zero-order valence-electron chi connectivity index (χ0n) is 9.12. The van der Waals surface area contributed by atoms with Gasteiger partial charge in [-0.05, 0) is 27.6 Å². The van der Waals surface area contributed by atoms with E-state index < -0.39 is 4.92 Å². The molecule has 0 radical (unpaired) electrons. The number of nitro groups is 1. The molecule has 1 aromatic heterocycles. The maximum atomic E-state index is 10.8. The molecule has 92 valence electrons. The van der Waals surface area contributed by atoms with E-state index in [0.717, 1.165) is 10.6 Å². The van der Waals surface area contributed by atoms with E-state index in [4.69, 9.17) is 0 Å². The van der Waals surface area contributed by atoms with Crippen molar-refractivity contribution in [1.82, 2.24) is 9.97 Å². The molecule has 7 heteroatoms. The summed E-state index contributed by atoms with van der Waals surface area (Å²) >= 11 is 4.64. The molecule has 0 fully saturated rings. The quantitative estimate of drug-likeness (QED) is 0.489. The molecular weight excluding hydrogens is 318 g/mol. The fourth-order valence-corrected chi connectivity index (χ4v) is 2.46. The van der Waals surface area contributed by atoms with Gasteiger partial charge in [-0.15, -0.1) is 11.8 Å². The van der Waals surface area contributed by atoms with Crippen molar-refractivity contribution in [2.24, 2.45) is 0 Å². The average molecular weight is 326 g/mol. The first-order valence-corrected chi connectivity index (χ1v) is 6.76. The summed E-state index contributed by atoms with van der Waals surface area (Å²) in [7, 11) is 0. The molecule has 0 aliphatic rings. The molecule has 0 spiro atoms. The smallest absolute Gasteiger partial charge is 0.260 e. The Hall–Kier alpha value is -1.47. The van der Waals surface area contributed by atoms with Gasteiger partial charge < -0.3 is 0 Å². The number of rotatable bonds is 4. The van der Waals surface area contributed by atoms with Crippen LogP contribution in [0.5, 0.6) is 0 Å². The third kappa shape index (κ3) is 3.27. The Morgan fingerprint density at radius 2 is 2.22 bits per heavy atom. The van der Waals surface area contributed by atoms with Crippen molar-refractivity contribution in [3.05, 3.63) is 56.9 Å². The number of thioether (sulfide) groups is 1. The van der Waals surface area contributed by atoms with Crippen LogP contribution in [0.25, 0.3) is 0 Å². The van der Waals surface area contributed by atoms with Gasteiger partial charge in [0.15, 0.2) is 0 Å². The Kier molecular flexibility index (Phi) is 4.27. The van der Waals surface area contributed by atoms with E-state index in [1.54, 1.807) is 30.7 Å². The number of halogens is 1. The zero-order chi connectivity index (χ0) is 13.0. The Morgan fingerprint density at radius 1 is 1.39 bits per heavy atom. The minimum absolute atomic E-state index is 0.0762. The Bertz CT molecular complexity index is 565. The van der Waals surface area contributed by atoms with Crippen LogP contribution in [0.15, 0.2) is 46.3 Å². The van der Waals surface area contributed by atoms with Crippen molar-refractivity contribution in [2.45, 2.75) is 10.8 Å². The largest absolute Gasteiger partial charge is 0.283 e. The van der Waals surface area contributed by atoms with Crippen LogP contribution in [0.3, 0.4) is 0 Å². The van der Waals surface area contributed by atoms with Crippen molar-refractivity contribution in [2.75, 3.05) is 0 Å². The number of hydrogen-bond donors (Lipinski definition) is 0. The highest BCUT2D eigenvalue weighted by atomic mass is 79.9. The molecule has 18 heavy (non-hydrogen) atoms. The number of hydrogen-bond acceptors (Lipinski definition) is 5. The molecule has 0 amide bonds. The van der Waals surface area contributed by atoms with Gasteiger partial charge in [0.1, 0.15) is 5.03 Å². The first kappa shape index (κ1) is 13.0. The summed E-state index contributed by atoms with van der Waals surface area (Å²) in [6, 6.07) is 5.10. The summed E-state index contributed by atoms with van der Waals surface area (Å²) in [6.45, 7) is 0. The molecule has 0 saturated carbocycles. The molecule has 0 saturated heterocycles. The van der Waals surface area contributed by atoms with Crippen LogP contribution in [0.1, 0.15) is 5.56 Å². The van der Waals surface area contributed by atoms with Crippen LogP contribution in [0, 0.1) is 10.1 Å². The highest BCUT2D eigenvalue weighted by Gasteiger charge is 2.12. The van der Waals surface area contributed by atoms with Crippen molar-refractivity contribution in [3.63, 3.8) is 0 Å². The summed E-state index contributed by atoms with van der Waals surface area (Å²) in [6.07, 6.45) is 4.89. The lowest BCUT2D eigenvalue weighted by Gasteiger charge is -2.02. The molecule has 1 aromatic carbocycles. The molecule has 0 aliphatic heterocycles. The first-order valence-electron chi connectivity index (χ1n) is 4.98. The molecule has 0 unspecified atom stereocenters. The van der Waals surface area contributed by atoms with E-state index in [9.17, 15) is 10.1 Å². The van der Waals surface area contributed by atoms with Crippen LogP contribution in [-0.2, 0) is 5.75 Å². The van der Waals surface area contributed by atoms with Gasteiger partial charge in [0.2, 0.25) is 0 Å². The fraction of sp³-hybridized carbons (Fsp3) is 0.0909. The van der Waals surface area contributed by atoms with Gasteiger partial charge in [-0.25, -0.2) is 4.98 Å². The van der Waals surface area contributed by atoms with Crippen LogP contribution < -0.4 is 0 Å². The molecule has 0 aliphatic carbocycles. The van der Waals surface area contributed by atoms with Crippen LogP contribution in [0.4, 0.5) is 5.69 Å². The van der Waals surface area contributed by atoms with Gasteiger partial charge in [0.05, 0.1) is 15.6 Å². The Labute approximate surface area is 116 Å². The van der Waals surface area contributed by atoms with Gasteiger partial charge in [-0.1, -0.05) is 6.07 Å². The molecule has 2 rings (SSSR count). The van der Waals surface area contributed by atoms with Gasteiger partial charge in [-0.2, -0.15) is 0 Å². The van der Waals surface area contributed by atoms with Crippen molar-refractivity contribution >= 4 is 33.4 Å². The van der Waals surface area contributed by atoms with Gasteiger partial charge >= 0.3 is 0 Å². The van der Waals surface area contributed by atoms with Crippen LogP contribution in [0.2, 0.25) is 0 Å². The van der Waals surface area contributed by atoms with Crippen molar-refractivity contribution in [3.8, 4) is 0 Å². The molecule has 0 bridgehead atoms. The second kappa shape index (κ2) is 5.92. The van der Waals surface area contributed by atoms with E-state index in [2.05, 4.69) is 25.9 Å². The SMILES string of the molecule is O=[N+]([O-])c1cc(CSc2cnccn2)ccc1Br. The highest BCUT2D eigenvalue weighted by Crippen LogP contribution is 2.28. The molecule has 5 nitrogen and oxygen atoms in total. The van der Waals surface area contributed by atoms with Crippen LogP contribution in [-0.4, -0.2) is 14.9 Å². The monoisotopic (exact) mass is 325 g/mol. The average Bonchev–Trinajstić information content (AvgIpc) is 2.38. The van der Waals surface area contributed by atoms with Crippen LogP contribution >= 0.6 is 27.7 Å². The van der Waals surface area contributed by atoms with Gasteiger partial charge in [-0.3, -0.25) is 15.1 Å². The molecule has 0 N–H and O–H groups in total. The fourth-order valence-electron chi connectivity index (χ4n) is 1.31. The Balaban J connectivity index is 2.11. The lowest BCUT2D eigenvalue weighted by Crippen LogP contribution is -1.91. The third-order valence-electron chi connectivity index (χ3n) is 2.13. The number of benzene rings is 1. The number of aromatic nitrogens is 2. The summed E-state index contributed by atoms with van der Waals surface area (Å²) in [5.74, 6) is 0.618. The van der Waals surface area contributed by atoms with E-state index in [1.165, 1.54) is 11.8 Å². The summed E-state index contributed by atoms with van der Waals surface area (Å²) in [5, 5.41) is 11.6.